The van der Waals surface area contributed by atoms with Gasteiger partial charge in [-0.3, -0.25) is 0 Å². The minimum atomic E-state index is -0.250. The molecule has 3 aromatic rings. The lowest BCUT2D eigenvalue weighted by molar-refractivity contribution is 0.553. The van der Waals surface area contributed by atoms with Crippen LogP contribution < -0.4 is 4.90 Å². The molecule has 0 fully saturated rings. The summed E-state index contributed by atoms with van der Waals surface area (Å²) < 4.78 is 15.2. The first-order valence-electron chi connectivity index (χ1n) is 8.19. The number of thioether (sulfide) groups is 1. The molecule has 0 N–H and O–H groups in total. The summed E-state index contributed by atoms with van der Waals surface area (Å²) in [5.41, 5.74) is 2.02. The Morgan fingerprint density at radius 3 is 2.84 bits per heavy atom. The molecule has 5 rings (SSSR count). The highest BCUT2D eigenvalue weighted by Crippen LogP contribution is 2.31. The van der Waals surface area contributed by atoms with Gasteiger partial charge in [-0.2, -0.15) is 0 Å². The van der Waals surface area contributed by atoms with Crippen molar-refractivity contribution in [1.29, 1.82) is 0 Å². The Hall–Kier alpha value is -2.48. The Balaban J connectivity index is 1.43. The number of nitrogens with zero attached hydrogens (tertiary/aromatic N) is 6. The van der Waals surface area contributed by atoms with Crippen molar-refractivity contribution in [3.63, 3.8) is 0 Å². The zero-order valence-electron chi connectivity index (χ0n) is 13.4. The number of benzene rings is 1. The van der Waals surface area contributed by atoms with E-state index in [9.17, 15) is 4.39 Å². The van der Waals surface area contributed by atoms with Crippen LogP contribution in [-0.2, 0) is 19.5 Å². The first kappa shape index (κ1) is 14.8. The highest BCUT2D eigenvalue weighted by molar-refractivity contribution is 7.99. The van der Waals surface area contributed by atoms with Gasteiger partial charge < -0.3 is 9.47 Å². The minimum Gasteiger partial charge on any atom is -0.331 e. The second-order valence-electron chi connectivity index (χ2n) is 6.10. The van der Waals surface area contributed by atoms with E-state index in [-0.39, 0.29) is 5.82 Å². The van der Waals surface area contributed by atoms with E-state index in [1.54, 1.807) is 12.1 Å². The molecule has 8 heteroatoms. The molecular weight excluding hydrogens is 339 g/mol. The van der Waals surface area contributed by atoms with Crippen LogP contribution in [0.4, 0.5) is 10.3 Å². The van der Waals surface area contributed by atoms with E-state index >= 15 is 0 Å². The Morgan fingerprint density at radius 2 is 1.96 bits per heavy atom. The topological polar surface area (TPSA) is 59.7 Å². The molecule has 0 spiro atoms. The van der Waals surface area contributed by atoms with Gasteiger partial charge in [-0.25, -0.2) is 14.4 Å². The zero-order valence-corrected chi connectivity index (χ0v) is 14.2. The van der Waals surface area contributed by atoms with Gasteiger partial charge in [0.25, 0.3) is 0 Å². The van der Waals surface area contributed by atoms with Gasteiger partial charge in [0.2, 0.25) is 5.95 Å². The molecule has 0 bridgehead atoms. The quantitative estimate of drug-likeness (QED) is 0.705. The van der Waals surface area contributed by atoms with Crippen LogP contribution in [0.15, 0.2) is 35.4 Å². The van der Waals surface area contributed by atoms with Crippen molar-refractivity contribution in [2.45, 2.75) is 24.4 Å². The Labute approximate surface area is 148 Å². The number of aryl methyl sites for hydroxylation is 1. The zero-order chi connectivity index (χ0) is 16.8. The fraction of sp³-hybridized carbons (Fsp3) is 0.294. The molecule has 2 aliphatic heterocycles. The molecule has 0 saturated carbocycles. The van der Waals surface area contributed by atoms with Crippen LogP contribution in [0.3, 0.4) is 0 Å². The normalized spacial score (nSPS) is 16.0. The summed E-state index contributed by atoms with van der Waals surface area (Å²) in [6.07, 6.45) is 2.94. The molecule has 0 atom stereocenters. The van der Waals surface area contributed by atoms with Crippen LogP contribution in [0, 0.1) is 5.82 Å². The monoisotopic (exact) mass is 354 g/mol. The summed E-state index contributed by atoms with van der Waals surface area (Å²) in [6.45, 7) is 2.18. The molecule has 1 aromatic carbocycles. The predicted molar refractivity (Wildman–Crippen MR) is 92.9 cm³/mol. The van der Waals surface area contributed by atoms with Gasteiger partial charge in [0.1, 0.15) is 5.82 Å². The second-order valence-corrected chi connectivity index (χ2v) is 7.24. The van der Waals surface area contributed by atoms with E-state index < -0.39 is 0 Å². The summed E-state index contributed by atoms with van der Waals surface area (Å²) in [5, 5.41) is 8.63. The Bertz CT molecular complexity index is 939. The summed E-state index contributed by atoms with van der Waals surface area (Å²) in [4.78, 5) is 12.6. The lowest BCUT2D eigenvalue weighted by atomic mass is 10.2. The number of halogens is 1. The number of hydrogen-bond donors (Lipinski definition) is 0. The molecule has 2 aliphatic rings. The standard InChI is InChI=1S/C17H15FN6S/c18-12-3-1-11(2-4-12)16-22-21-15-10-23(6-7-24(15)16)17-19-9-14-13(20-17)5-8-25-14/h1-4,9H,5-8,10H2. The van der Waals surface area contributed by atoms with Gasteiger partial charge in [0.05, 0.1) is 12.2 Å². The number of rotatable bonds is 2. The van der Waals surface area contributed by atoms with Crippen LogP contribution >= 0.6 is 11.8 Å². The van der Waals surface area contributed by atoms with E-state index in [0.717, 1.165) is 54.1 Å². The van der Waals surface area contributed by atoms with Gasteiger partial charge in [-0.15, -0.1) is 22.0 Å². The molecule has 4 heterocycles. The van der Waals surface area contributed by atoms with Crippen LogP contribution in [-0.4, -0.2) is 37.0 Å². The molecule has 6 nitrogen and oxygen atoms in total. The predicted octanol–water partition coefficient (Wildman–Crippen LogP) is 2.54. The maximum absolute atomic E-state index is 13.1. The number of anilines is 1. The molecule has 0 unspecified atom stereocenters. The van der Waals surface area contributed by atoms with Crippen LogP contribution in [0.1, 0.15) is 11.5 Å². The highest BCUT2D eigenvalue weighted by Gasteiger charge is 2.24. The number of aromatic nitrogens is 5. The second kappa shape index (κ2) is 5.80. The summed E-state index contributed by atoms with van der Waals surface area (Å²) in [5.74, 6) is 3.26. The molecule has 0 amide bonds. The maximum Gasteiger partial charge on any atom is 0.226 e. The number of fused-ring (bicyclic) bond motifs is 2. The van der Waals surface area contributed by atoms with Crippen molar-refractivity contribution in [3.05, 3.63) is 47.8 Å². The van der Waals surface area contributed by atoms with E-state index in [1.165, 1.54) is 17.0 Å². The average molecular weight is 354 g/mol. The third kappa shape index (κ3) is 2.57. The van der Waals surface area contributed by atoms with Gasteiger partial charge in [-0.1, -0.05) is 0 Å². The van der Waals surface area contributed by atoms with Crippen molar-refractivity contribution >= 4 is 17.7 Å². The first-order chi connectivity index (χ1) is 12.3. The van der Waals surface area contributed by atoms with Crippen molar-refractivity contribution in [2.24, 2.45) is 0 Å². The van der Waals surface area contributed by atoms with Gasteiger partial charge >= 0.3 is 0 Å². The van der Waals surface area contributed by atoms with E-state index in [4.69, 9.17) is 4.98 Å². The van der Waals surface area contributed by atoms with Gasteiger partial charge in [-0.05, 0) is 24.3 Å². The highest BCUT2D eigenvalue weighted by atomic mass is 32.2. The fourth-order valence-corrected chi connectivity index (χ4v) is 4.20. The average Bonchev–Trinajstić information content (AvgIpc) is 3.28. The van der Waals surface area contributed by atoms with Crippen molar-refractivity contribution in [2.75, 3.05) is 17.2 Å². The largest absolute Gasteiger partial charge is 0.331 e. The lowest BCUT2D eigenvalue weighted by Crippen LogP contribution is -2.35. The van der Waals surface area contributed by atoms with E-state index in [1.807, 2.05) is 18.0 Å². The third-order valence-corrected chi connectivity index (χ3v) is 5.61. The van der Waals surface area contributed by atoms with Crippen LogP contribution in [0.25, 0.3) is 11.4 Å². The number of hydrogen-bond acceptors (Lipinski definition) is 6. The van der Waals surface area contributed by atoms with Gasteiger partial charge in [0, 0.05) is 41.9 Å². The lowest BCUT2D eigenvalue weighted by Gasteiger charge is -2.28. The van der Waals surface area contributed by atoms with Crippen LogP contribution in [0.2, 0.25) is 0 Å². The molecule has 2 aromatic heterocycles. The first-order valence-corrected chi connectivity index (χ1v) is 9.18. The van der Waals surface area contributed by atoms with E-state index in [0.29, 0.717) is 6.54 Å². The molecule has 0 aliphatic carbocycles. The Morgan fingerprint density at radius 1 is 1.08 bits per heavy atom. The van der Waals surface area contributed by atoms with Crippen LogP contribution in [0.5, 0.6) is 0 Å². The van der Waals surface area contributed by atoms with Crippen molar-refractivity contribution in [1.82, 2.24) is 24.7 Å². The molecule has 126 valence electrons. The molecular formula is C17H15FN6S. The SMILES string of the molecule is Fc1ccc(-c2nnc3n2CCN(c2ncc4c(n2)CCS4)C3)cc1. The molecule has 25 heavy (non-hydrogen) atoms. The van der Waals surface area contributed by atoms with Gasteiger partial charge in [0.15, 0.2) is 11.6 Å². The minimum absolute atomic E-state index is 0.250. The van der Waals surface area contributed by atoms with E-state index in [2.05, 4.69) is 24.6 Å². The third-order valence-electron chi connectivity index (χ3n) is 4.55. The molecule has 0 saturated heterocycles. The summed E-state index contributed by atoms with van der Waals surface area (Å²) in [7, 11) is 0. The Kier molecular flexibility index (Phi) is 3.44. The summed E-state index contributed by atoms with van der Waals surface area (Å²) in [6, 6.07) is 6.37. The summed E-state index contributed by atoms with van der Waals surface area (Å²) >= 11 is 1.82. The van der Waals surface area contributed by atoms with Crippen molar-refractivity contribution in [3.8, 4) is 11.4 Å². The fourth-order valence-electron chi connectivity index (χ4n) is 3.25. The van der Waals surface area contributed by atoms with Crippen molar-refractivity contribution < 1.29 is 4.39 Å². The smallest absolute Gasteiger partial charge is 0.226 e. The molecule has 0 radical (unpaired) electrons. The maximum atomic E-state index is 13.1.